The van der Waals surface area contributed by atoms with E-state index in [1.54, 1.807) is 23.3 Å². The molecule has 6 heteroatoms. The molecule has 0 aliphatic rings. The highest BCUT2D eigenvalue weighted by Gasteiger charge is 2.18. The highest BCUT2D eigenvalue weighted by atomic mass is 35.5. The molecule has 18 heavy (non-hydrogen) atoms. The zero-order valence-electron chi connectivity index (χ0n) is 11.2. The molecule has 1 rings (SSSR count). The minimum absolute atomic E-state index is 0. The summed E-state index contributed by atoms with van der Waals surface area (Å²) in [6.07, 6.45) is 4.54. The van der Waals surface area contributed by atoms with Crippen molar-refractivity contribution < 1.29 is 4.79 Å². The molecule has 1 amide bonds. The third-order valence-corrected chi connectivity index (χ3v) is 3.74. The predicted octanol–water partition coefficient (Wildman–Crippen LogP) is 2.21. The molecule has 0 saturated heterocycles. The summed E-state index contributed by atoms with van der Waals surface area (Å²) in [5.74, 6) is 0.0000912. The second-order valence-electron chi connectivity index (χ2n) is 4.16. The molecule has 0 aromatic carbocycles. The van der Waals surface area contributed by atoms with E-state index in [2.05, 4.69) is 11.9 Å². The molecule has 1 atom stereocenters. The lowest BCUT2D eigenvalue weighted by molar-refractivity contribution is -0.131. The van der Waals surface area contributed by atoms with Crippen LogP contribution in [0.15, 0.2) is 6.20 Å². The molecule has 0 aliphatic heterocycles. The Morgan fingerprint density at radius 2 is 2.22 bits per heavy atom. The van der Waals surface area contributed by atoms with Crippen LogP contribution in [0.3, 0.4) is 0 Å². The molecule has 4 nitrogen and oxygen atoms in total. The SMILES string of the molecule is CCCC(N)C(=O)N(C)Cc1ncc(CC)s1.Cl. The van der Waals surface area contributed by atoms with Gasteiger partial charge >= 0.3 is 0 Å². The average Bonchev–Trinajstić information content (AvgIpc) is 2.76. The first-order valence-electron chi connectivity index (χ1n) is 6.02. The Kier molecular flexibility index (Phi) is 8.15. The molecule has 0 saturated carbocycles. The van der Waals surface area contributed by atoms with Gasteiger partial charge in [0.1, 0.15) is 5.01 Å². The third kappa shape index (κ3) is 4.92. The van der Waals surface area contributed by atoms with Gasteiger partial charge in [0, 0.05) is 18.1 Å². The molecule has 1 unspecified atom stereocenters. The van der Waals surface area contributed by atoms with Gasteiger partial charge in [-0.05, 0) is 12.8 Å². The number of likely N-dealkylation sites (N-methyl/N-ethyl adjacent to an activating group) is 1. The fourth-order valence-electron chi connectivity index (χ4n) is 1.58. The summed E-state index contributed by atoms with van der Waals surface area (Å²) in [5.41, 5.74) is 5.81. The maximum Gasteiger partial charge on any atom is 0.239 e. The molecule has 104 valence electrons. The number of nitrogens with two attached hydrogens (primary N) is 1. The Hall–Kier alpha value is -0.650. The van der Waals surface area contributed by atoms with E-state index >= 15 is 0 Å². The molecular formula is C12H22ClN3OS. The van der Waals surface area contributed by atoms with Crippen LogP contribution in [0.1, 0.15) is 36.6 Å². The van der Waals surface area contributed by atoms with Crippen molar-refractivity contribution in [3.63, 3.8) is 0 Å². The van der Waals surface area contributed by atoms with Crippen LogP contribution in [0.5, 0.6) is 0 Å². The lowest BCUT2D eigenvalue weighted by Crippen LogP contribution is -2.41. The molecule has 2 N–H and O–H groups in total. The van der Waals surface area contributed by atoms with Gasteiger partial charge in [0.15, 0.2) is 0 Å². The highest BCUT2D eigenvalue weighted by Crippen LogP contribution is 2.15. The van der Waals surface area contributed by atoms with E-state index in [1.807, 2.05) is 13.1 Å². The number of hydrogen-bond acceptors (Lipinski definition) is 4. The van der Waals surface area contributed by atoms with Gasteiger partial charge in [-0.1, -0.05) is 20.3 Å². The van der Waals surface area contributed by atoms with E-state index in [9.17, 15) is 4.79 Å². The van der Waals surface area contributed by atoms with Crippen LogP contribution in [0.2, 0.25) is 0 Å². The van der Waals surface area contributed by atoms with Gasteiger partial charge in [-0.3, -0.25) is 4.79 Å². The number of amides is 1. The number of rotatable bonds is 6. The number of aromatic nitrogens is 1. The van der Waals surface area contributed by atoms with Gasteiger partial charge in [-0.25, -0.2) is 4.98 Å². The van der Waals surface area contributed by atoms with Crippen LogP contribution in [0.4, 0.5) is 0 Å². The molecule has 1 heterocycles. The van der Waals surface area contributed by atoms with E-state index < -0.39 is 0 Å². The molecule has 0 fully saturated rings. The van der Waals surface area contributed by atoms with Crippen molar-refractivity contribution in [1.29, 1.82) is 0 Å². The predicted molar refractivity (Wildman–Crippen MR) is 78.1 cm³/mol. The van der Waals surface area contributed by atoms with Gasteiger partial charge in [0.25, 0.3) is 0 Å². The second kappa shape index (κ2) is 8.45. The summed E-state index contributed by atoms with van der Waals surface area (Å²) in [6, 6.07) is -0.379. The second-order valence-corrected chi connectivity index (χ2v) is 5.36. The quantitative estimate of drug-likeness (QED) is 0.874. The van der Waals surface area contributed by atoms with Gasteiger partial charge in [-0.15, -0.1) is 23.7 Å². The largest absolute Gasteiger partial charge is 0.338 e. The Morgan fingerprint density at radius 3 is 2.72 bits per heavy atom. The molecule has 0 bridgehead atoms. The number of carbonyl (C=O) groups excluding carboxylic acids is 1. The fourth-order valence-corrected chi connectivity index (χ4v) is 2.50. The number of aryl methyl sites for hydroxylation is 1. The van der Waals surface area contributed by atoms with Crippen molar-refractivity contribution >= 4 is 29.7 Å². The number of halogens is 1. The highest BCUT2D eigenvalue weighted by molar-refractivity contribution is 7.11. The standard InChI is InChI=1S/C12H21N3OS.ClH/c1-4-6-10(13)12(16)15(3)8-11-14-7-9(5-2)17-11;/h7,10H,4-6,8,13H2,1-3H3;1H. The molecule has 0 aliphatic carbocycles. The summed E-state index contributed by atoms with van der Waals surface area (Å²) < 4.78 is 0. The van der Waals surface area contributed by atoms with Gasteiger partial charge in [0.05, 0.1) is 12.6 Å². The first kappa shape index (κ1) is 17.4. The van der Waals surface area contributed by atoms with Crippen molar-refractivity contribution in [2.45, 2.75) is 45.7 Å². The summed E-state index contributed by atoms with van der Waals surface area (Å²) in [6.45, 7) is 4.69. The van der Waals surface area contributed by atoms with Crippen molar-refractivity contribution in [3.05, 3.63) is 16.1 Å². The topological polar surface area (TPSA) is 59.2 Å². The third-order valence-electron chi connectivity index (χ3n) is 2.62. The molecule has 1 aromatic rings. The number of carbonyl (C=O) groups is 1. The Labute approximate surface area is 119 Å². The molecular weight excluding hydrogens is 270 g/mol. The summed E-state index contributed by atoms with van der Waals surface area (Å²) >= 11 is 1.66. The van der Waals surface area contributed by atoms with Crippen LogP contribution < -0.4 is 5.73 Å². The van der Waals surface area contributed by atoms with Crippen LogP contribution >= 0.6 is 23.7 Å². The zero-order chi connectivity index (χ0) is 12.8. The Morgan fingerprint density at radius 1 is 1.56 bits per heavy atom. The minimum atomic E-state index is -0.379. The van der Waals surface area contributed by atoms with E-state index in [0.717, 1.165) is 24.3 Å². The van der Waals surface area contributed by atoms with Crippen molar-refractivity contribution in [3.8, 4) is 0 Å². The van der Waals surface area contributed by atoms with E-state index in [-0.39, 0.29) is 24.4 Å². The van der Waals surface area contributed by atoms with Crippen LogP contribution in [-0.4, -0.2) is 28.9 Å². The van der Waals surface area contributed by atoms with Crippen LogP contribution in [-0.2, 0) is 17.8 Å². The fraction of sp³-hybridized carbons (Fsp3) is 0.667. The Bertz CT molecular complexity index is 370. The lowest BCUT2D eigenvalue weighted by atomic mass is 10.1. The summed E-state index contributed by atoms with van der Waals surface area (Å²) in [5, 5.41) is 0.974. The maximum atomic E-state index is 11.9. The van der Waals surface area contributed by atoms with Crippen LogP contribution in [0.25, 0.3) is 0 Å². The van der Waals surface area contributed by atoms with E-state index in [0.29, 0.717) is 6.54 Å². The average molecular weight is 292 g/mol. The summed E-state index contributed by atoms with van der Waals surface area (Å²) in [4.78, 5) is 19.1. The normalized spacial score (nSPS) is 11.8. The monoisotopic (exact) mass is 291 g/mol. The summed E-state index contributed by atoms with van der Waals surface area (Å²) in [7, 11) is 1.78. The maximum absolute atomic E-state index is 11.9. The number of hydrogen-bond donors (Lipinski definition) is 1. The first-order chi connectivity index (χ1) is 8.08. The zero-order valence-corrected chi connectivity index (χ0v) is 12.8. The van der Waals surface area contributed by atoms with Crippen molar-refractivity contribution in [1.82, 2.24) is 9.88 Å². The van der Waals surface area contributed by atoms with E-state index in [1.165, 1.54) is 4.88 Å². The van der Waals surface area contributed by atoms with Gasteiger partial charge < -0.3 is 10.6 Å². The van der Waals surface area contributed by atoms with Gasteiger partial charge in [-0.2, -0.15) is 0 Å². The smallest absolute Gasteiger partial charge is 0.239 e. The van der Waals surface area contributed by atoms with Crippen molar-refractivity contribution in [2.24, 2.45) is 5.73 Å². The van der Waals surface area contributed by atoms with Crippen LogP contribution in [0, 0.1) is 0 Å². The van der Waals surface area contributed by atoms with E-state index in [4.69, 9.17) is 5.73 Å². The molecule has 0 spiro atoms. The number of nitrogens with zero attached hydrogens (tertiary/aromatic N) is 2. The molecule has 0 radical (unpaired) electrons. The Balaban J connectivity index is 0.00000289. The molecule has 1 aromatic heterocycles. The van der Waals surface area contributed by atoms with Crippen molar-refractivity contribution in [2.75, 3.05) is 7.05 Å². The lowest BCUT2D eigenvalue weighted by Gasteiger charge is -2.19. The minimum Gasteiger partial charge on any atom is -0.338 e. The first-order valence-corrected chi connectivity index (χ1v) is 6.84. The number of thiazole rings is 1. The van der Waals surface area contributed by atoms with Gasteiger partial charge in [0.2, 0.25) is 5.91 Å².